The SMILES string of the molecule is CC[C@@H]1C(=O)N(C)C2=CNC(Cl)=NC2N1C(C)C. The third-order valence-corrected chi connectivity index (χ3v) is 3.67. The number of carbonyl (C=O) groups excluding carboxylic acids is 1. The van der Waals surface area contributed by atoms with Crippen molar-refractivity contribution >= 4 is 22.8 Å². The number of nitrogens with zero attached hydrogens (tertiary/aromatic N) is 3. The monoisotopic (exact) mass is 270 g/mol. The Labute approximate surface area is 112 Å². The van der Waals surface area contributed by atoms with E-state index < -0.39 is 0 Å². The van der Waals surface area contributed by atoms with Gasteiger partial charge in [0.15, 0.2) is 5.29 Å². The van der Waals surface area contributed by atoms with Crippen LogP contribution in [0.15, 0.2) is 16.9 Å². The number of aliphatic imine (C=N–C) groups is 1. The molecule has 100 valence electrons. The highest BCUT2D eigenvalue weighted by molar-refractivity contribution is 6.64. The third-order valence-electron chi connectivity index (χ3n) is 3.47. The van der Waals surface area contributed by atoms with Crippen LogP contribution < -0.4 is 5.32 Å². The highest BCUT2D eigenvalue weighted by atomic mass is 35.5. The summed E-state index contributed by atoms with van der Waals surface area (Å²) < 4.78 is 0. The van der Waals surface area contributed by atoms with E-state index in [-0.39, 0.29) is 24.2 Å². The molecule has 1 saturated heterocycles. The minimum absolute atomic E-state index is 0.115. The van der Waals surface area contributed by atoms with Crippen LogP contribution in [0.2, 0.25) is 0 Å². The molecule has 2 heterocycles. The predicted octanol–water partition coefficient (Wildman–Crippen LogP) is 1.31. The summed E-state index contributed by atoms with van der Waals surface area (Å²) in [5, 5.41) is 3.22. The molecule has 2 aliphatic rings. The summed E-state index contributed by atoms with van der Waals surface area (Å²) in [6.07, 6.45) is 2.36. The van der Waals surface area contributed by atoms with Gasteiger partial charge >= 0.3 is 0 Å². The number of fused-ring (bicyclic) bond motifs is 1. The first-order valence-electron chi connectivity index (χ1n) is 6.22. The number of piperazine rings is 1. The molecule has 0 saturated carbocycles. The van der Waals surface area contributed by atoms with Gasteiger partial charge in [-0.15, -0.1) is 0 Å². The number of amides is 1. The van der Waals surface area contributed by atoms with Gasteiger partial charge in [0.05, 0.1) is 11.7 Å². The lowest BCUT2D eigenvalue weighted by molar-refractivity contribution is -0.141. The molecule has 0 aromatic rings. The predicted molar refractivity (Wildman–Crippen MR) is 72.1 cm³/mol. The Bertz CT molecular complexity index is 418. The van der Waals surface area contributed by atoms with Crippen molar-refractivity contribution in [1.29, 1.82) is 0 Å². The molecule has 0 aromatic heterocycles. The number of rotatable bonds is 2. The Hall–Kier alpha value is -1.07. The lowest BCUT2D eigenvalue weighted by Gasteiger charge is -2.47. The average molecular weight is 271 g/mol. The maximum Gasteiger partial charge on any atom is 0.244 e. The number of carbonyl (C=O) groups is 1. The molecule has 5 nitrogen and oxygen atoms in total. The molecule has 18 heavy (non-hydrogen) atoms. The molecule has 0 aromatic carbocycles. The van der Waals surface area contributed by atoms with Gasteiger partial charge in [-0.2, -0.15) is 0 Å². The fourth-order valence-electron chi connectivity index (χ4n) is 2.58. The van der Waals surface area contributed by atoms with Gasteiger partial charge in [-0.3, -0.25) is 9.69 Å². The van der Waals surface area contributed by atoms with E-state index in [9.17, 15) is 4.79 Å². The molecule has 1 unspecified atom stereocenters. The van der Waals surface area contributed by atoms with E-state index in [1.807, 2.05) is 6.92 Å². The fraction of sp³-hybridized carbons (Fsp3) is 0.667. The molecule has 1 N–H and O–H groups in total. The summed E-state index contributed by atoms with van der Waals surface area (Å²) >= 11 is 5.95. The Kier molecular flexibility index (Phi) is 3.64. The highest BCUT2D eigenvalue weighted by Crippen LogP contribution is 2.30. The van der Waals surface area contributed by atoms with Gasteiger partial charge in [0.2, 0.25) is 5.91 Å². The second-order valence-electron chi connectivity index (χ2n) is 4.87. The molecule has 0 bridgehead atoms. The molecule has 0 radical (unpaired) electrons. The van der Waals surface area contributed by atoms with E-state index >= 15 is 0 Å². The molecule has 1 amide bonds. The van der Waals surface area contributed by atoms with Crippen molar-refractivity contribution in [1.82, 2.24) is 15.1 Å². The molecule has 2 rings (SSSR count). The topological polar surface area (TPSA) is 47.9 Å². The normalized spacial score (nSPS) is 28.8. The van der Waals surface area contributed by atoms with Crippen LogP contribution in [0.5, 0.6) is 0 Å². The van der Waals surface area contributed by atoms with E-state index in [1.54, 1.807) is 18.1 Å². The summed E-state index contributed by atoms with van der Waals surface area (Å²) in [7, 11) is 1.79. The van der Waals surface area contributed by atoms with Gasteiger partial charge in [0.1, 0.15) is 6.17 Å². The van der Waals surface area contributed by atoms with Crippen LogP contribution in [0.25, 0.3) is 0 Å². The molecule has 2 aliphatic heterocycles. The van der Waals surface area contributed by atoms with Crippen molar-refractivity contribution in [2.45, 2.75) is 45.4 Å². The minimum atomic E-state index is -0.175. The van der Waals surface area contributed by atoms with Gasteiger partial charge in [0, 0.05) is 19.3 Å². The van der Waals surface area contributed by atoms with E-state index in [4.69, 9.17) is 11.6 Å². The molecule has 2 atom stereocenters. The van der Waals surface area contributed by atoms with E-state index in [2.05, 4.69) is 29.1 Å². The first-order valence-corrected chi connectivity index (χ1v) is 6.60. The Morgan fingerprint density at radius 3 is 2.78 bits per heavy atom. The standard InChI is InChI=1S/C12H19ClN4O/c1-5-8-11(18)16(4)9-6-14-12(13)15-10(9)17(8)7(2)3/h6-8,10H,5H2,1-4H3,(H,14,15)/t8-,10?/m1/s1. The Morgan fingerprint density at radius 2 is 2.22 bits per heavy atom. The van der Waals surface area contributed by atoms with Crippen LogP contribution >= 0.6 is 11.6 Å². The van der Waals surface area contributed by atoms with Crippen molar-refractivity contribution in [2.75, 3.05) is 7.05 Å². The number of amidine groups is 1. The zero-order valence-corrected chi connectivity index (χ0v) is 11.9. The van der Waals surface area contributed by atoms with Crippen molar-refractivity contribution < 1.29 is 4.79 Å². The van der Waals surface area contributed by atoms with E-state index in [1.165, 1.54) is 0 Å². The highest BCUT2D eigenvalue weighted by Gasteiger charge is 2.43. The van der Waals surface area contributed by atoms with Crippen molar-refractivity contribution in [3.8, 4) is 0 Å². The molecule has 1 fully saturated rings. The smallest absolute Gasteiger partial charge is 0.244 e. The number of likely N-dealkylation sites (N-methyl/N-ethyl adjacent to an activating group) is 1. The van der Waals surface area contributed by atoms with Crippen LogP contribution in [-0.2, 0) is 4.79 Å². The lowest BCUT2D eigenvalue weighted by atomic mass is 10.0. The molecule has 6 heteroatoms. The number of halogens is 1. The second kappa shape index (κ2) is 4.90. The quantitative estimate of drug-likeness (QED) is 0.770. The Balaban J connectivity index is 2.43. The van der Waals surface area contributed by atoms with Gasteiger partial charge in [-0.25, -0.2) is 4.99 Å². The van der Waals surface area contributed by atoms with Gasteiger partial charge in [0.25, 0.3) is 0 Å². The number of hydrogen-bond acceptors (Lipinski definition) is 4. The average Bonchev–Trinajstić information content (AvgIpc) is 2.32. The molecule has 0 aliphatic carbocycles. The summed E-state index contributed by atoms with van der Waals surface area (Å²) in [6.45, 7) is 6.17. The van der Waals surface area contributed by atoms with Crippen LogP contribution in [-0.4, -0.2) is 46.3 Å². The van der Waals surface area contributed by atoms with Crippen LogP contribution in [0.4, 0.5) is 0 Å². The van der Waals surface area contributed by atoms with Crippen LogP contribution in [0.3, 0.4) is 0 Å². The number of hydrogen-bond donors (Lipinski definition) is 1. The zero-order valence-electron chi connectivity index (χ0n) is 11.1. The van der Waals surface area contributed by atoms with E-state index in [0.717, 1.165) is 12.1 Å². The van der Waals surface area contributed by atoms with Crippen molar-refractivity contribution in [3.05, 3.63) is 11.9 Å². The largest absolute Gasteiger partial charge is 0.335 e. The van der Waals surface area contributed by atoms with Gasteiger partial charge < -0.3 is 10.2 Å². The number of nitrogens with one attached hydrogen (secondary N) is 1. The van der Waals surface area contributed by atoms with Gasteiger partial charge in [-0.05, 0) is 31.9 Å². The van der Waals surface area contributed by atoms with E-state index in [0.29, 0.717) is 5.29 Å². The maximum atomic E-state index is 12.3. The van der Waals surface area contributed by atoms with Gasteiger partial charge in [-0.1, -0.05) is 6.92 Å². The van der Waals surface area contributed by atoms with Crippen molar-refractivity contribution in [2.24, 2.45) is 4.99 Å². The first-order chi connectivity index (χ1) is 8.47. The fourth-order valence-corrected chi connectivity index (χ4v) is 2.73. The minimum Gasteiger partial charge on any atom is -0.335 e. The summed E-state index contributed by atoms with van der Waals surface area (Å²) in [5.41, 5.74) is 0.850. The van der Waals surface area contributed by atoms with Crippen molar-refractivity contribution in [3.63, 3.8) is 0 Å². The lowest BCUT2D eigenvalue weighted by Crippen LogP contribution is -2.62. The summed E-state index contributed by atoms with van der Waals surface area (Å²) in [4.78, 5) is 20.6. The summed E-state index contributed by atoms with van der Waals surface area (Å²) in [5.74, 6) is 0.115. The first kappa shape index (κ1) is 13.4. The maximum absolute atomic E-state index is 12.3. The Morgan fingerprint density at radius 1 is 1.56 bits per heavy atom. The molecular formula is C12H19ClN4O. The third kappa shape index (κ3) is 2.01. The van der Waals surface area contributed by atoms with Crippen LogP contribution in [0.1, 0.15) is 27.2 Å². The summed E-state index contributed by atoms with van der Waals surface area (Å²) in [6, 6.07) is 0.0933. The molecular weight excluding hydrogens is 252 g/mol. The van der Waals surface area contributed by atoms with Crippen LogP contribution in [0, 0.1) is 0 Å². The second-order valence-corrected chi connectivity index (χ2v) is 5.23. The zero-order chi connectivity index (χ0) is 13.4. The molecule has 0 spiro atoms.